The minimum atomic E-state index is -4.81. The van der Waals surface area contributed by atoms with Gasteiger partial charge in [0, 0.05) is 64.2 Å². The number of ketones is 1. The van der Waals surface area contributed by atoms with Crippen molar-refractivity contribution in [1.29, 1.82) is 5.26 Å². The Kier molecular flexibility index (Phi) is 12.9. The van der Waals surface area contributed by atoms with Gasteiger partial charge in [0.1, 0.15) is 17.4 Å². The molecule has 1 aromatic heterocycles. The molecule has 2 aromatic carbocycles. The van der Waals surface area contributed by atoms with Crippen molar-refractivity contribution in [3.8, 4) is 6.07 Å². The molecule has 1 saturated carbocycles. The molecule has 21 heteroatoms. The fourth-order valence-electron chi connectivity index (χ4n) is 9.17. The van der Waals surface area contributed by atoms with Crippen LogP contribution < -0.4 is 15.1 Å². The molecule has 7 rings (SSSR count). The molecular formula is C42H47F6N9O5S. The van der Waals surface area contributed by atoms with Gasteiger partial charge in [0.15, 0.2) is 10.9 Å². The number of halogens is 6. The number of hydrogen-bond acceptors (Lipinski definition) is 10. The van der Waals surface area contributed by atoms with E-state index in [1.54, 1.807) is 55.0 Å². The number of benzene rings is 2. The average molecular weight is 904 g/mol. The van der Waals surface area contributed by atoms with E-state index in [0.717, 1.165) is 21.9 Å². The minimum Gasteiger partial charge on any atom is -0.378 e. The second-order valence-electron chi connectivity index (χ2n) is 16.9. The highest BCUT2D eigenvalue weighted by molar-refractivity contribution is 7.80. The minimum absolute atomic E-state index is 0.00162. The van der Waals surface area contributed by atoms with Crippen LogP contribution in [0.3, 0.4) is 0 Å². The molecule has 0 radical (unpaired) electrons. The summed E-state index contributed by atoms with van der Waals surface area (Å²) in [7, 11) is 1.63. The number of Topliss-reactive ketones (excluding diaryl/α,β-unsaturated/α-hetero) is 1. The first-order chi connectivity index (χ1) is 29.7. The van der Waals surface area contributed by atoms with Gasteiger partial charge in [-0.1, -0.05) is 6.07 Å². The van der Waals surface area contributed by atoms with Crippen molar-refractivity contribution >= 4 is 68.9 Å². The monoisotopic (exact) mass is 903 g/mol. The van der Waals surface area contributed by atoms with Gasteiger partial charge in [-0.15, -0.1) is 0 Å². The molecule has 0 spiro atoms. The van der Waals surface area contributed by atoms with Crippen LogP contribution in [0.15, 0.2) is 36.4 Å². The fraction of sp³-hybridized carbons (Fsp3) is 0.548. The second kappa shape index (κ2) is 17.8. The first-order valence-electron chi connectivity index (χ1n) is 20.7. The SMILES string of the molecule is Cn1nc(N2CCC(=O)CC2=O)c2cccc(NC(=O)CN3CCN(CCCOC4CCC(N5C(=S)N(c6ccc(C#N)c(C(F)(F)F)c6)C(=O)C5(C)C)CC4)C[C@@H]3C(F)(F)F)c21. The smallest absolute Gasteiger partial charge is 0.378 e. The largest absolute Gasteiger partial charge is 0.417 e. The molecule has 0 unspecified atom stereocenters. The predicted octanol–water partition coefficient (Wildman–Crippen LogP) is 5.78. The van der Waals surface area contributed by atoms with E-state index in [0.29, 0.717) is 74.2 Å². The summed E-state index contributed by atoms with van der Waals surface area (Å²) in [4.78, 5) is 58.4. The summed E-state index contributed by atoms with van der Waals surface area (Å²) in [6.45, 7) is 3.65. The van der Waals surface area contributed by atoms with Gasteiger partial charge in [-0.2, -0.15) is 36.7 Å². The maximum Gasteiger partial charge on any atom is 0.417 e. The van der Waals surface area contributed by atoms with Crippen LogP contribution in [0.5, 0.6) is 0 Å². The van der Waals surface area contributed by atoms with Crippen LogP contribution in [0, 0.1) is 11.3 Å². The zero-order chi connectivity index (χ0) is 45.6. The van der Waals surface area contributed by atoms with Crippen LogP contribution in [0.2, 0.25) is 0 Å². The van der Waals surface area contributed by atoms with E-state index in [-0.39, 0.29) is 67.1 Å². The van der Waals surface area contributed by atoms with Gasteiger partial charge in [-0.25, -0.2) is 0 Å². The maximum absolute atomic E-state index is 14.4. The third-order valence-corrected chi connectivity index (χ3v) is 12.7. The number of para-hydroxylation sites is 1. The maximum atomic E-state index is 14.4. The molecule has 3 amide bonds. The molecule has 1 aliphatic carbocycles. The normalized spacial score (nSPS) is 22.9. The van der Waals surface area contributed by atoms with E-state index in [1.807, 2.05) is 0 Å². The number of nitriles is 1. The number of nitrogens with one attached hydrogen (secondary N) is 1. The molecule has 63 heavy (non-hydrogen) atoms. The molecule has 4 fully saturated rings. The number of fused-ring (bicyclic) bond motifs is 1. The van der Waals surface area contributed by atoms with Crippen LogP contribution in [0.25, 0.3) is 10.9 Å². The number of carbonyl (C=O) groups is 4. The predicted molar refractivity (Wildman–Crippen MR) is 223 cm³/mol. The Morgan fingerprint density at radius 3 is 2.43 bits per heavy atom. The first kappa shape index (κ1) is 45.8. The molecule has 3 saturated heterocycles. The molecule has 3 aliphatic heterocycles. The van der Waals surface area contributed by atoms with Gasteiger partial charge >= 0.3 is 12.4 Å². The Bertz CT molecular complexity index is 2340. The molecule has 1 atom stereocenters. The molecule has 4 aliphatic rings. The highest BCUT2D eigenvalue weighted by Crippen LogP contribution is 2.41. The highest BCUT2D eigenvalue weighted by atomic mass is 32.1. The molecule has 1 N–H and O–H groups in total. The van der Waals surface area contributed by atoms with Crippen molar-refractivity contribution in [3.05, 3.63) is 47.5 Å². The number of piperidine rings is 1. The molecule has 338 valence electrons. The summed E-state index contributed by atoms with van der Waals surface area (Å²) >= 11 is 5.69. The number of nitrogens with zero attached hydrogens (tertiary/aromatic N) is 8. The molecule has 0 bridgehead atoms. The van der Waals surface area contributed by atoms with Crippen molar-refractivity contribution in [2.24, 2.45) is 7.05 Å². The topological polar surface area (TPSA) is 147 Å². The van der Waals surface area contributed by atoms with Crippen LogP contribution in [0.4, 0.5) is 43.5 Å². The van der Waals surface area contributed by atoms with Gasteiger partial charge in [0.2, 0.25) is 11.8 Å². The van der Waals surface area contributed by atoms with Crippen molar-refractivity contribution < 1.29 is 50.3 Å². The average Bonchev–Trinajstić information content (AvgIpc) is 3.64. The summed E-state index contributed by atoms with van der Waals surface area (Å²) in [6, 6.07) is 7.53. The number of hydrogen-bond donors (Lipinski definition) is 1. The van der Waals surface area contributed by atoms with E-state index < -0.39 is 53.4 Å². The quantitative estimate of drug-likeness (QED) is 0.108. The van der Waals surface area contributed by atoms with Crippen LogP contribution in [-0.4, -0.2) is 129 Å². The number of alkyl halides is 6. The number of aryl methyl sites for hydroxylation is 1. The standard InChI is InChI=1S/C42H47F6N9O5S/c1-40(2)38(61)56(27-9-8-25(22-49)31(20-27)41(43,44)45)39(63)57(40)26-10-12-29(13-11-26)62-19-5-15-53-17-18-54(33(23-53)42(46,47)48)24-34(59)50-32-7-4-6-30-36(32)52(3)51-37(30)55-16-14-28(58)21-35(55)60/h4,6-9,20,26,29,33H,5,10-19,21,23-24H2,1-3H3,(H,50,59)/t26?,29?,33-/m1/s1. The summed E-state index contributed by atoms with van der Waals surface area (Å²) in [5.41, 5.74) is -2.13. The van der Waals surface area contributed by atoms with Crippen molar-refractivity contribution in [2.45, 2.75) is 94.9 Å². The second-order valence-corrected chi connectivity index (χ2v) is 17.2. The van der Waals surface area contributed by atoms with E-state index >= 15 is 0 Å². The van der Waals surface area contributed by atoms with E-state index in [1.165, 1.54) is 15.6 Å². The van der Waals surface area contributed by atoms with Gasteiger partial charge in [-0.3, -0.25) is 38.6 Å². The lowest BCUT2D eigenvalue weighted by Gasteiger charge is -2.42. The van der Waals surface area contributed by atoms with Gasteiger partial charge in [0.25, 0.3) is 5.91 Å². The molecule has 3 aromatic rings. The van der Waals surface area contributed by atoms with E-state index in [2.05, 4.69) is 10.4 Å². The zero-order valence-electron chi connectivity index (χ0n) is 34.9. The van der Waals surface area contributed by atoms with Crippen molar-refractivity contribution in [1.82, 2.24) is 24.5 Å². The van der Waals surface area contributed by atoms with E-state index in [4.69, 9.17) is 17.0 Å². The van der Waals surface area contributed by atoms with Gasteiger partial charge in [-0.05, 0) is 88.5 Å². The summed E-state index contributed by atoms with van der Waals surface area (Å²) < 4.78 is 92.1. The third kappa shape index (κ3) is 9.40. The first-order valence-corrected chi connectivity index (χ1v) is 21.1. The number of anilines is 3. The number of piperazine rings is 1. The summed E-state index contributed by atoms with van der Waals surface area (Å²) in [5, 5.41) is 17.1. The number of ether oxygens (including phenoxy) is 1. The molecule has 14 nitrogen and oxygen atoms in total. The summed E-state index contributed by atoms with van der Waals surface area (Å²) in [5.74, 6) is -1.32. The summed E-state index contributed by atoms with van der Waals surface area (Å²) in [6.07, 6.45) is -6.73. The lowest BCUT2D eigenvalue weighted by Crippen LogP contribution is -2.60. The Balaban J connectivity index is 0.886. The van der Waals surface area contributed by atoms with E-state index in [9.17, 15) is 50.8 Å². The van der Waals surface area contributed by atoms with Crippen LogP contribution in [0.1, 0.15) is 69.9 Å². The lowest BCUT2D eigenvalue weighted by atomic mass is 9.89. The lowest BCUT2D eigenvalue weighted by molar-refractivity contribution is -0.197. The van der Waals surface area contributed by atoms with Crippen LogP contribution in [-0.2, 0) is 37.1 Å². The Morgan fingerprint density at radius 2 is 1.76 bits per heavy atom. The number of rotatable bonds is 11. The molecular weight excluding hydrogens is 857 g/mol. The zero-order valence-corrected chi connectivity index (χ0v) is 35.7. The van der Waals surface area contributed by atoms with Gasteiger partial charge < -0.3 is 19.9 Å². The van der Waals surface area contributed by atoms with Crippen molar-refractivity contribution in [3.63, 3.8) is 0 Å². The number of carbonyl (C=O) groups excluding carboxylic acids is 4. The van der Waals surface area contributed by atoms with Crippen LogP contribution >= 0.6 is 12.2 Å². The molecule has 4 heterocycles. The number of aromatic nitrogens is 2. The Morgan fingerprint density at radius 1 is 1.03 bits per heavy atom. The number of thiocarbonyl (C=S) groups is 1. The Hall–Kier alpha value is -5.17. The fourth-order valence-corrected chi connectivity index (χ4v) is 9.74. The number of amides is 3. The highest BCUT2D eigenvalue weighted by Gasteiger charge is 2.53. The third-order valence-electron chi connectivity index (χ3n) is 12.3. The Labute approximate surface area is 364 Å². The van der Waals surface area contributed by atoms with Crippen molar-refractivity contribution in [2.75, 3.05) is 61.0 Å². The van der Waals surface area contributed by atoms with Gasteiger partial charge in [0.05, 0.1) is 53.2 Å².